The largest absolute Gasteiger partial charge is 0.339 e. The van der Waals surface area contributed by atoms with Crippen molar-refractivity contribution < 1.29 is 9.72 Å². The molecule has 1 amide bonds. The number of carbonyl (C=O) groups excluding carboxylic acids is 1. The third-order valence-electron chi connectivity index (χ3n) is 3.79. The first kappa shape index (κ1) is 15.6. The SMILES string of the molecule is O=C(c1ccccc1Sc1ccc([N+](=O)[O-])cc1)N1CCCC1. The lowest BCUT2D eigenvalue weighted by Gasteiger charge is -2.17. The Morgan fingerprint density at radius 1 is 1.04 bits per heavy atom. The van der Waals surface area contributed by atoms with E-state index in [2.05, 4.69) is 0 Å². The molecule has 2 aromatic rings. The van der Waals surface area contributed by atoms with Crippen molar-refractivity contribution in [2.75, 3.05) is 13.1 Å². The van der Waals surface area contributed by atoms with E-state index in [9.17, 15) is 14.9 Å². The van der Waals surface area contributed by atoms with Gasteiger partial charge in [0.1, 0.15) is 0 Å². The van der Waals surface area contributed by atoms with E-state index in [0.717, 1.165) is 35.7 Å². The first-order chi connectivity index (χ1) is 11.1. The van der Waals surface area contributed by atoms with Crippen molar-refractivity contribution in [2.45, 2.75) is 22.6 Å². The molecule has 0 atom stereocenters. The second-order valence-electron chi connectivity index (χ2n) is 5.35. The van der Waals surface area contributed by atoms with E-state index in [4.69, 9.17) is 0 Å². The van der Waals surface area contributed by atoms with Gasteiger partial charge in [-0.1, -0.05) is 23.9 Å². The molecule has 0 spiro atoms. The van der Waals surface area contributed by atoms with E-state index >= 15 is 0 Å². The molecule has 0 unspecified atom stereocenters. The van der Waals surface area contributed by atoms with E-state index in [0.29, 0.717) is 5.56 Å². The summed E-state index contributed by atoms with van der Waals surface area (Å²) in [4.78, 5) is 26.5. The molecule has 0 aromatic heterocycles. The average molecular weight is 328 g/mol. The summed E-state index contributed by atoms with van der Waals surface area (Å²) in [6.45, 7) is 1.63. The Morgan fingerprint density at radius 2 is 1.70 bits per heavy atom. The highest BCUT2D eigenvalue weighted by Gasteiger charge is 2.21. The van der Waals surface area contributed by atoms with E-state index in [-0.39, 0.29) is 11.6 Å². The lowest BCUT2D eigenvalue weighted by molar-refractivity contribution is -0.384. The molecule has 0 N–H and O–H groups in total. The van der Waals surface area contributed by atoms with Crippen LogP contribution in [-0.2, 0) is 0 Å². The number of hydrogen-bond acceptors (Lipinski definition) is 4. The van der Waals surface area contributed by atoms with Crippen LogP contribution in [0.1, 0.15) is 23.2 Å². The Morgan fingerprint density at radius 3 is 2.35 bits per heavy atom. The van der Waals surface area contributed by atoms with Gasteiger partial charge in [-0.05, 0) is 37.1 Å². The predicted molar refractivity (Wildman–Crippen MR) is 88.8 cm³/mol. The molecule has 118 valence electrons. The topological polar surface area (TPSA) is 63.4 Å². The maximum atomic E-state index is 12.6. The molecule has 0 saturated carbocycles. The Balaban J connectivity index is 1.82. The van der Waals surface area contributed by atoms with Crippen molar-refractivity contribution in [3.8, 4) is 0 Å². The molecule has 1 saturated heterocycles. The smallest absolute Gasteiger partial charge is 0.269 e. The molecular weight excluding hydrogens is 312 g/mol. The number of hydrogen-bond donors (Lipinski definition) is 0. The van der Waals surface area contributed by atoms with Gasteiger partial charge in [-0.25, -0.2) is 0 Å². The molecule has 0 bridgehead atoms. The Hall–Kier alpha value is -2.34. The van der Waals surface area contributed by atoms with Crippen molar-refractivity contribution in [1.82, 2.24) is 4.90 Å². The molecule has 1 fully saturated rings. The van der Waals surface area contributed by atoms with Crippen LogP contribution in [0.4, 0.5) is 5.69 Å². The quantitative estimate of drug-likeness (QED) is 0.629. The van der Waals surface area contributed by atoms with Crippen LogP contribution < -0.4 is 0 Å². The highest BCUT2D eigenvalue weighted by molar-refractivity contribution is 7.99. The first-order valence-electron chi connectivity index (χ1n) is 7.46. The summed E-state index contributed by atoms with van der Waals surface area (Å²) >= 11 is 1.45. The number of carbonyl (C=O) groups is 1. The first-order valence-corrected chi connectivity index (χ1v) is 8.27. The minimum atomic E-state index is -0.417. The average Bonchev–Trinajstić information content (AvgIpc) is 3.10. The van der Waals surface area contributed by atoms with Crippen LogP contribution in [0.3, 0.4) is 0 Å². The Bertz CT molecular complexity index is 725. The van der Waals surface area contributed by atoms with Crippen LogP contribution in [0.5, 0.6) is 0 Å². The minimum absolute atomic E-state index is 0.0625. The summed E-state index contributed by atoms with van der Waals surface area (Å²) in [5, 5.41) is 10.7. The van der Waals surface area contributed by atoms with Gasteiger partial charge in [-0.15, -0.1) is 0 Å². The normalized spacial score (nSPS) is 14.0. The van der Waals surface area contributed by atoms with Gasteiger partial charge in [0.2, 0.25) is 0 Å². The molecular formula is C17H16N2O3S. The van der Waals surface area contributed by atoms with Gasteiger partial charge in [0, 0.05) is 35.0 Å². The lowest BCUT2D eigenvalue weighted by Crippen LogP contribution is -2.27. The number of benzene rings is 2. The van der Waals surface area contributed by atoms with Gasteiger partial charge in [-0.3, -0.25) is 14.9 Å². The zero-order valence-corrected chi connectivity index (χ0v) is 13.3. The maximum Gasteiger partial charge on any atom is 0.269 e. The van der Waals surface area contributed by atoms with E-state index in [1.54, 1.807) is 12.1 Å². The molecule has 2 aromatic carbocycles. The van der Waals surface area contributed by atoms with Gasteiger partial charge < -0.3 is 4.90 Å². The third kappa shape index (κ3) is 3.53. The van der Waals surface area contributed by atoms with Crippen molar-refractivity contribution in [3.63, 3.8) is 0 Å². The number of amides is 1. The van der Waals surface area contributed by atoms with Crippen LogP contribution in [0.25, 0.3) is 0 Å². The third-order valence-corrected chi connectivity index (χ3v) is 4.87. The standard InChI is InChI=1S/C17H16N2O3S/c20-17(18-11-3-4-12-18)15-5-1-2-6-16(15)23-14-9-7-13(8-10-14)19(21)22/h1-2,5-10H,3-4,11-12H2. The summed E-state index contributed by atoms with van der Waals surface area (Å²) < 4.78 is 0. The molecule has 0 aliphatic carbocycles. The zero-order valence-electron chi connectivity index (χ0n) is 12.5. The molecule has 5 nitrogen and oxygen atoms in total. The van der Waals surface area contributed by atoms with Crippen LogP contribution in [0.2, 0.25) is 0 Å². The Labute approximate surface area is 138 Å². The second-order valence-corrected chi connectivity index (χ2v) is 6.46. The predicted octanol–water partition coefficient (Wildman–Crippen LogP) is 3.98. The van der Waals surface area contributed by atoms with Gasteiger partial charge in [-0.2, -0.15) is 0 Å². The fraction of sp³-hybridized carbons (Fsp3) is 0.235. The summed E-state index contributed by atoms with van der Waals surface area (Å²) in [5.74, 6) is 0.0625. The van der Waals surface area contributed by atoms with Crippen LogP contribution in [-0.4, -0.2) is 28.8 Å². The van der Waals surface area contributed by atoms with E-state index in [1.165, 1.54) is 23.9 Å². The van der Waals surface area contributed by atoms with Crippen LogP contribution >= 0.6 is 11.8 Å². The Kier molecular flexibility index (Phi) is 4.62. The molecule has 0 radical (unpaired) electrons. The van der Waals surface area contributed by atoms with Crippen molar-refractivity contribution in [3.05, 3.63) is 64.2 Å². The number of rotatable bonds is 4. The highest BCUT2D eigenvalue weighted by Crippen LogP contribution is 2.32. The van der Waals surface area contributed by atoms with Crippen LogP contribution in [0.15, 0.2) is 58.3 Å². The molecule has 6 heteroatoms. The number of nitro benzene ring substituents is 1. The number of non-ortho nitro benzene ring substituents is 1. The lowest BCUT2D eigenvalue weighted by atomic mass is 10.2. The van der Waals surface area contributed by atoms with Crippen molar-refractivity contribution in [1.29, 1.82) is 0 Å². The van der Waals surface area contributed by atoms with Gasteiger partial charge in [0.25, 0.3) is 11.6 Å². The number of nitrogens with zero attached hydrogens (tertiary/aromatic N) is 2. The molecule has 1 aliphatic rings. The van der Waals surface area contributed by atoms with Gasteiger partial charge in [0.05, 0.1) is 10.5 Å². The fourth-order valence-corrected chi connectivity index (χ4v) is 3.52. The van der Waals surface area contributed by atoms with Gasteiger partial charge >= 0.3 is 0 Å². The maximum absolute atomic E-state index is 12.6. The summed E-state index contributed by atoms with van der Waals surface area (Å²) in [6.07, 6.45) is 2.12. The van der Waals surface area contributed by atoms with Crippen molar-refractivity contribution in [2.24, 2.45) is 0 Å². The van der Waals surface area contributed by atoms with Gasteiger partial charge in [0.15, 0.2) is 0 Å². The monoisotopic (exact) mass is 328 g/mol. The molecule has 3 rings (SSSR count). The van der Waals surface area contributed by atoms with E-state index in [1.807, 2.05) is 29.2 Å². The molecule has 1 aliphatic heterocycles. The number of nitro groups is 1. The zero-order chi connectivity index (χ0) is 16.2. The fourth-order valence-electron chi connectivity index (χ4n) is 2.59. The minimum Gasteiger partial charge on any atom is -0.339 e. The van der Waals surface area contributed by atoms with Crippen molar-refractivity contribution >= 4 is 23.4 Å². The summed E-state index contributed by atoms with van der Waals surface area (Å²) in [5.41, 5.74) is 0.758. The molecule has 1 heterocycles. The highest BCUT2D eigenvalue weighted by atomic mass is 32.2. The molecule has 23 heavy (non-hydrogen) atoms. The summed E-state index contributed by atoms with van der Waals surface area (Å²) in [6, 6.07) is 13.9. The van der Waals surface area contributed by atoms with E-state index < -0.39 is 4.92 Å². The number of likely N-dealkylation sites (tertiary alicyclic amines) is 1. The van der Waals surface area contributed by atoms with Crippen LogP contribution in [0, 0.1) is 10.1 Å². The summed E-state index contributed by atoms with van der Waals surface area (Å²) in [7, 11) is 0. The second kappa shape index (κ2) is 6.83.